The Morgan fingerprint density at radius 1 is 1.40 bits per heavy atom. The van der Waals surface area contributed by atoms with E-state index in [0.29, 0.717) is 5.75 Å². The number of hydrogen-bond acceptors (Lipinski definition) is 3. The number of aromatic nitrogens is 1. The van der Waals surface area contributed by atoms with Crippen LogP contribution >= 0.6 is 0 Å². The van der Waals surface area contributed by atoms with Gasteiger partial charge in [0.05, 0.1) is 12.7 Å². The number of pyridine rings is 1. The lowest BCUT2D eigenvalue weighted by atomic mass is 10.5. The van der Waals surface area contributed by atoms with Crippen molar-refractivity contribution < 1.29 is 17.9 Å². The largest absolute Gasteiger partial charge is 0.491 e. The molecule has 0 atom stereocenters. The van der Waals surface area contributed by atoms with Crippen molar-refractivity contribution in [2.45, 2.75) is 6.18 Å². The van der Waals surface area contributed by atoms with Gasteiger partial charge in [-0.2, -0.15) is 13.2 Å². The summed E-state index contributed by atoms with van der Waals surface area (Å²) < 4.78 is 40.2. The van der Waals surface area contributed by atoms with Crippen molar-refractivity contribution in [1.29, 1.82) is 0 Å². The standard InChI is InChI=1S/C9H11F3N2O/c10-9(11,12)7-14-4-5-15-8-2-1-3-13-6-8/h1-3,6,14H,4-5,7H2. The molecule has 1 aromatic rings. The number of halogens is 3. The molecule has 6 heteroatoms. The molecule has 3 nitrogen and oxygen atoms in total. The van der Waals surface area contributed by atoms with E-state index >= 15 is 0 Å². The number of hydrogen-bond donors (Lipinski definition) is 1. The first-order valence-corrected chi connectivity index (χ1v) is 4.38. The summed E-state index contributed by atoms with van der Waals surface area (Å²) in [4.78, 5) is 3.80. The molecule has 0 aromatic carbocycles. The lowest BCUT2D eigenvalue weighted by molar-refractivity contribution is -0.124. The maximum atomic E-state index is 11.7. The van der Waals surface area contributed by atoms with Gasteiger partial charge < -0.3 is 10.1 Å². The fraction of sp³-hybridized carbons (Fsp3) is 0.444. The molecule has 0 aliphatic carbocycles. The zero-order valence-electron chi connectivity index (χ0n) is 7.92. The van der Waals surface area contributed by atoms with Gasteiger partial charge >= 0.3 is 6.18 Å². The van der Waals surface area contributed by atoms with Gasteiger partial charge in [0, 0.05) is 12.7 Å². The van der Waals surface area contributed by atoms with Crippen molar-refractivity contribution in [3.8, 4) is 5.75 Å². The Hall–Kier alpha value is -1.30. The summed E-state index contributed by atoms with van der Waals surface area (Å²) in [7, 11) is 0. The van der Waals surface area contributed by atoms with Crippen LogP contribution in [-0.4, -0.2) is 30.9 Å². The smallest absolute Gasteiger partial charge is 0.401 e. The Morgan fingerprint density at radius 2 is 2.20 bits per heavy atom. The van der Waals surface area contributed by atoms with Gasteiger partial charge in [-0.25, -0.2) is 0 Å². The van der Waals surface area contributed by atoms with Gasteiger partial charge in [-0.1, -0.05) is 0 Å². The SMILES string of the molecule is FC(F)(F)CNCCOc1cccnc1. The third kappa shape index (κ3) is 5.90. The van der Waals surface area contributed by atoms with Gasteiger partial charge in [0.2, 0.25) is 0 Å². The summed E-state index contributed by atoms with van der Waals surface area (Å²) in [5, 5.41) is 2.23. The minimum atomic E-state index is -4.17. The highest BCUT2D eigenvalue weighted by molar-refractivity contribution is 5.15. The maximum Gasteiger partial charge on any atom is 0.401 e. The minimum absolute atomic E-state index is 0.147. The fourth-order valence-electron chi connectivity index (χ4n) is 0.904. The van der Waals surface area contributed by atoms with Gasteiger partial charge in [0.15, 0.2) is 0 Å². The molecule has 1 heterocycles. The summed E-state index contributed by atoms with van der Waals surface area (Å²) >= 11 is 0. The molecule has 0 unspecified atom stereocenters. The average Bonchev–Trinajstić information content (AvgIpc) is 2.17. The first-order chi connectivity index (χ1) is 7.08. The van der Waals surface area contributed by atoms with E-state index in [2.05, 4.69) is 10.3 Å². The van der Waals surface area contributed by atoms with Gasteiger partial charge in [0.1, 0.15) is 12.4 Å². The number of alkyl halides is 3. The second-order valence-corrected chi connectivity index (χ2v) is 2.83. The second-order valence-electron chi connectivity index (χ2n) is 2.83. The van der Waals surface area contributed by atoms with Crippen molar-refractivity contribution >= 4 is 0 Å². The Kier molecular flexibility index (Phi) is 4.36. The van der Waals surface area contributed by atoms with E-state index in [1.807, 2.05) is 0 Å². The molecule has 84 valence electrons. The molecule has 1 aromatic heterocycles. The fourth-order valence-corrected chi connectivity index (χ4v) is 0.904. The molecule has 0 radical (unpaired) electrons. The van der Waals surface area contributed by atoms with Crippen LogP contribution in [0.2, 0.25) is 0 Å². The molecule has 0 amide bonds. The van der Waals surface area contributed by atoms with E-state index in [4.69, 9.17) is 4.74 Å². The minimum Gasteiger partial charge on any atom is -0.491 e. The van der Waals surface area contributed by atoms with Crippen LogP contribution in [0.4, 0.5) is 13.2 Å². The quantitative estimate of drug-likeness (QED) is 0.765. The average molecular weight is 220 g/mol. The summed E-state index contributed by atoms with van der Waals surface area (Å²) in [6, 6.07) is 3.38. The molecule has 1 N–H and O–H groups in total. The predicted molar refractivity (Wildman–Crippen MR) is 48.7 cm³/mol. The third-order valence-corrected chi connectivity index (χ3v) is 1.51. The molecule has 0 bridgehead atoms. The number of ether oxygens (including phenoxy) is 1. The van der Waals surface area contributed by atoms with Crippen LogP contribution in [0.3, 0.4) is 0 Å². The van der Waals surface area contributed by atoms with Crippen LogP contribution in [0.15, 0.2) is 24.5 Å². The first-order valence-electron chi connectivity index (χ1n) is 4.38. The van der Waals surface area contributed by atoms with Gasteiger partial charge in [0.25, 0.3) is 0 Å². The molecule has 0 fully saturated rings. The molecule has 0 aliphatic heterocycles. The second kappa shape index (κ2) is 5.55. The Labute approximate surface area is 85.3 Å². The number of rotatable bonds is 5. The highest BCUT2D eigenvalue weighted by Crippen LogP contribution is 2.11. The predicted octanol–water partition coefficient (Wildman–Crippen LogP) is 1.61. The molecule has 15 heavy (non-hydrogen) atoms. The lowest BCUT2D eigenvalue weighted by Crippen LogP contribution is -2.31. The molecular weight excluding hydrogens is 209 g/mol. The topological polar surface area (TPSA) is 34.1 Å². The zero-order valence-corrected chi connectivity index (χ0v) is 7.92. The Balaban J connectivity index is 2.08. The van der Waals surface area contributed by atoms with E-state index in [1.165, 1.54) is 6.20 Å². The zero-order chi connectivity index (χ0) is 11.1. The molecular formula is C9H11F3N2O. The Bertz CT molecular complexity index is 276. The highest BCUT2D eigenvalue weighted by Gasteiger charge is 2.25. The first kappa shape index (κ1) is 11.8. The third-order valence-electron chi connectivity index (χ3n) is 1.51. The lowest BCUT2D eigenvalue weighted by Gasteiger charge is -2.08. The maximum absolute atomic E-state index is 11.7. The molecule has 0 saturated heterocycles. The van der Waals surface area contributed by atoms with Crippen LogP contribution in [0, 0.1) is 0 Å². The van der Waals surface area contributed by atoms with E-state index in [9.17, 15) is 13.2 Å². The normalized spacial score (nSPS) is 11.4. The van der Waals surface area contributed by atoms with Crippen molar-refractivity contribution in [2.24, 2.45) is 0 Å². The van der Waals surface area contributed by atoms with Crippen molar-refractivity contribution in [3.63, 3.8) is 0 Å². The summed E-state index contributed by atoms with van der Waals surface area (Å²) in [6.45, 7) is -0.667. The number of nitrogens with one attached hydrogen (secondary N) is 1. The summed E-state index contributed by atoms with van der Waals surface area (Å²) in [5.74, 6) is 0.548. The van der Waals surface area contributed by atoms with E-state index in [-0.39, 0.29) is 13.2 Å². The Morgan fingerprint density at radius 3 is 2.80 bits per heavy atom. The van der Waals surface area contributed by atoms with Crippen LogP contribution in [0.1, 0.15) is 0 Å². The van der Waals surface area contributed by atoms with E-state index in [0.717, 1.165) is 0 Å². The van der Waals surface area contributed by atoms with E-state index in [1.54, 1.807) is 18.3 Å². The van der Waals surface area contributed by atoms with Crippen molar-refractivity contribution in [3.05, 3.63) is 24.5 Å². The van der Waals surface area contributed by atoms with Crippen LogP contribution < -0.4 is 10.1 Å². The number of nitrogens with zero attached hydrogens (tertiary/aromatic N) is 1. The van der Waals surface area contributed by atoms with Crippen LogP contribution in [0.25, 0.3) is 0 Å². The summed E-state index contributed by atoms with van der Waals surface area (Å²) in [6.07, 6.45) is -1.08. The van der Waals surface area contributed by atoms with Crippen molar-refractivity contribution in [2.75, 3.05) is 19.7 Å². The summed E-state index contributed by atoms with van der Waals surface area (Å²) in [5.41, 5.74) is 0. The van der Waals surface area contributed by atoms with Gasteiger partial charge in [-0.3, -0.25) is 4.98 Å². The van der Waals surface area contributed by atoms with Crippen LogP contribution in [-0.2, 0) is 0 Å². The molecule has 0 saturated carbocycles. The monoisotopic (exact) mass is 220 g/mol. The molecule has 0 spiro atoms. The van der Waals surface area contributed by atoms with Crippen molar-refractivity contribution in [1.82, 2.24) is 10.3 Å². The van der Waals surface area contributed by atoms with Gasteiger partial charge in [-0.15, -0.1) is 0 Å². The van der Waals surface area contributed by atoms with E-state index < -0.39 is 12.7 Å². The van der Waals surface area contributed by atoms with Crippen LogP contribution in [0.5, 0.6) is 5.75 Å². The molecule has 1 rings (SSSR count). The van der Waals surface area contributed by atoms with Gasteiger partial charge in [-0.05, 0) is 12.1 Å². The highest BCUT2D eigenvalue weighted by atomic mass is 19.4. The molecule has 0 aliphatic rings.